The molecule has 3 nitrogen and oxygen atoms in total. The van der Waals surface area contributed by atoms with Gasteiger partial charge in [-0.25, -0.2) is 8.78 Å². The highest BCUT2D eigenvalue weighted by molar-refractivity contribution is 5.47. The molecule has 0 spiro atoms. The lowest BCUT2D eigenvalue weighted by atomic mass is 10.2. The lowest BCUT2D eigenvalue weighted by Crippen LogP contribution is -2.34. The molecule has 0 amide bonds. The summed E-state index contributed by atoms with van der Waals surface area (Å²) in [6.45, 7) is 3.89. The van der Waals surface area contributed by atoms with E-state index in [9.17, 15) is 17.6 Å². The number of anilines is 1. The SMILES string of the molecule is CC(C)N(CCOc1c(F)c(F)c(C#N)c(F)c1F)c1ccccc1. The van der Waals surface area contributed by atoms with Crippen molar-refractivity contribution in [3.63, 3.8) is 0 Å². The molecule has 0 fully saturated rings. The van der Waals surface area contributed by atoms with Gasteiger partial charge in [-0.05, 0) is 26.0 Å². The first kappa shape index (κ1) is 18.6. The van der Waals surface area contributed by atoms with Crippen LogP contribution in [0.25, 0.3) is 0 Å². The van der Waals surface area contributed by atoms with E-state index in [0.717, 1.165) is 11.8 Å². The minimum atomic E-state index is -1.76. The van der Waals surface area contributed by atoms with E-state index in [2.05, 4.69) is 0 Å². The average Bonchev–Trinajstić information content (AvgIpc) is 2.60. The van der Waals surface area contributed by atoms with Gasteiger partial charge in [-0.3, -0.25) is 0 Å². The zero-order chi connectivity index (χ0) is 18.6. The molecule has 2 rings (SSSR count). The van der Waals surface area contributed by atoms with Crippen LogP contribution in [0.3, 0.4) is 0 Å². The molecule has 7 heteroatoms. The molecule has 0 aromatic heterocycles. The smallest absolute Gasteiger partial charge is 0.205 e. The summed E-state index contributed by atoms with van der Waals surface area (Å²) >= 11 is 0. The lowest BCUT2D eigenvalue weighted by Gasteiger charge is -2.29. The third-order valence-electron chi connectivity index (χ3n) is 3.62. The molecule has 2 aromatic rings. The molecule has 0 aliphatic carbocycles. The summed E-state index contributed by atoms with van der Waals surface area (Å²) in [4.78, 5) is 1.91. The molecule has 0 unspecified atom stereocenters. The number of benzene rings is 2. The van der Waals surface area contributed by atoms with Gasteiger partial charge >= 0.3 is 0 Å². The first-order chi connectivity index (χ1) is 11.9. The fourth-order valence-electron chi connectivity index (χ4n) is 2.39. The zero-order valence-corrected chi connectivity index (χ0v) is 13.7. The van der Waals surface area contributed by atoms with E-state index in [-0.39, 0.29) is 19.2 Å². The molecule has 0 heterocycles. The fraction of sp³-hybridized carbons (Fsp3) is 0.278. The second-order valence-corrected chi connectivity index (χ2v) is 5.54. The summed E-state index contributed by atoms with van der Waals surface area (Å²) in [5.74, 6) is -8.12. The van der Waals surface area contributed by atoms with E-state index < -0.39 is 34.6 Å². The Morgan fingerprint density at radius 1 is 1.00 bits per heavy atom. The van der Waals surface area contributed by atoms with Crippen molar-refractivity contribution in [3.05, 3.63) is 59.2 Å². The maximum absolute atomic E-state index is 13.8. The number of halogens is 4. The van der Waals surface area contributed by atoms with Crippen molar-refractivity contribution >= 4 is 5.69 Å². The van der Waals surface area contributed by atoms with Crippen molar-refractivity contribution in [2.45, 2.75) is 19.9 Å². The minimum absolute atomic E-state index is 0.0649. The van der Waals surface area contributed by atoms with Gasteiger partial charge in [-0.15, -0.1) is 0 Å². The maximum atomic E-state index is 13.8. The van der Waals surface area contributed by atoms with E-state index in [4.69, 9.17) is 10.00 Å². The average molecular weight is 352 g/mol. The quantitative estimate of drug-likeness (QED) is 0.571. The molecule has 0 N–H and O–H groups in total. The summed E-state index contributed by atoms with van der Waals surface area (Å²) in [5.41, 5.74) is -0.435. The van der Waals surface area contributed by atoms with Crippen molar-refractivity contribution < 1.29 is 22.3 Å². The molecule has 25 heavy (non-hydrogen) atoms. The van der Waals surface area contributed by atoms with Crippen LogP contribution in [0, 0.1) is 34.6 Å². The predicted octanol–water partition coefficient (Wildman–Crippen LogP) is 4.41. The van der Waals surface area contributed by atoms with Crippen molar-refractivity contribution in [1.29, 1.82) is 5.26 Å². The summed E-state index contributed by atoms with van der Waals surface area (Å²) in [5, 5.41) is 8.56. The number of hydrogen-bond donors (Lipinski definition) is 0. The number of hydrogen-bond acceptors (Lipinski definition) is 3. The Balaban J connectivity index is 2.18. The van der Waals surface area contributed by atoms with Gasteiger partial charge in [0.15, 0.2) is 17.4 Å². The van der Waals surface area contributed by atoms with Crippen LogP contribution in [-0.4, -0.2) is 19.2 Å². The standard InChI is InChI=1S/C18H16F4N2O/c1-11(2)24(12-6-4-3-5-7-12)8-9-25-18-16(21)14(19)13(10-23)15(20)17(18)22/h3-7,11H,8-9H2,1-2H3. The van der Waals surface area contributed by atoms with E-state index >= 15 is 0 Å². The highest BCUT2D eigenvalue weighted by Gasteiger charge is 2.26. The first-order valence-electron chi connectivity index (χ1n) is 7.59. The molecule has 0 atom stereocenters. The third-order valence-corrected chi connectivity index (χ3v) is 3.62. The van der Waals surface area contributed by atoms with Gasteiger partial charge in [-0.1, -0.05) is 18.2 Å². The second kappa shape index (κ2) is 7.88. The Labute approximate surface area is 143 Å². The van der Waals surface area contributed by atoms with Crippen LogP contribution in [0.5, 0.6) is 5.75 Å². The fourth-order valence-corrected chi connectivity index (χ4v) is 2.39. The van der Waals surface area contributed by atoms with Crippen LogP contribution < -0.4 is 9.64 Å². The van der Waals surface area contributed by atoms with E-state index in [1.165, 1.54) is 0 Å². The van der Waals surface area contributed by atoms with Gasteiger partial charge in [0.2, 0.25) is 11.6 Å². The molecule has 0 saturated carbocycles. The van der Waals surface area contributed by atoms with E-state index in [1.807, 2.05) is 49.1 Å². The van der Waals surface area contributed by atoms with Crippen LogP contribution in [0.15, 0.2) is 30.3 Å². The summed E-state index contributed by atoms with van der Waals surface area (Å²) in [7, 11) is 0. The summed E-state index contributed by atoms with van der Waals surface area (Å²) in [6.07, 6.45) is 0. The highest BCUT2D eigenvalue weighted by Crippen LogP contribution is 2.29. The molecular formula is C18H16F4N2O. The monoisotopic (exact) mass is 352 g/mol. The molecule has 0 bridgehead atoms. The summed E-state index contributed by atoms with van der Waals surface area (Å²) in [6, 6.07) is 10.4. The molecule has 0 aliphatic rings. The number of nitriles is 1. The number of para-hydroxylation sites is 1. The van der Waals surface area contributed by atoms with Crippen molar-refractivity contribution in [1.82, 2.24) is 0 Å². The normalized spacial score (nSPS) is 10.6. The molecule has 132 valence electrons. The van der Waals surface area contributed by atoms with Crippen LogP contribution in [0.2, 0.25) is 0 Å². The van der Waals surface area contributed by atoms with Gasteiger partial charge in [0.25, 0.3) is 0 Å². The molecule has 2 aromatic carbocycles. The number of ether oxygens (including phenoxy) is 1. The van der Waals surface area contributed by atoms with Crippen LogP contribution >= 0.6 is 0 Å². The van der Waals surface area contributed by atoms with Crippen LogP contribution in [0.4, 0.5) is 23.2 Å². The van der Waals surface area contributed by atoms with Gasteiger partial charge < -0.3 is 9.64 Å². The Bertz CT molecular complexity index is 759. The second-order valence-electron chi connectivity index (χ2n) is 5.54. The number of nitrogens with zero attached hydrogens (tertiary/aromatic N) is 2. The highest BCUT2D eigenvalue weighted by atomic mass is 19.2. The molecule has 0 aliphatic heterocycles. The van der Waals surface area contributed by atoms with Gasteiger partial charge in [0, 0.05) is 11.7 Å². The van der Waals surface area contributed by atoms with E-state index in [1.54, 1.807) is 0 Å². The Morgan fingerprint density at radius 2 is 1.56 bits per heavy atom. The Kier molecular flexibility index (Phi) is 5.86. The van der Waals surface area contributed by atoms with E-state index in [0.29, 0.717) is 0 Å². The Morgan fingerprint density at radius 3 is 2.04 bits per heavy atom. The van der Waals surface area contributed by atoms with Crippen molar-refractivity contribution in [3.8, 4) is 11.8 Å². The van der Waals surface area contributed by atoms with Gasteiger partial charge in [0.1, 0.15) is 18.2 Å². The largest absolute Gasteiger partial charge is 0.486 e. The van der Waals surface area contributed by atoms with Crippen LogP contribution in [-0.2, 0) is 0 Å². The lowest BCUT2D eigenvalue weighted by molar-refractivity contribution is 0.274. The van der Waals surface area contributed by atoms with Crippen molar-refractivity contribution in [2.75, 3.05) is 18.1 Å². The zero-order valence-electron chi connectivity index (χ0n) is 13.7. The topological polar surface area (TPSA) is 36.3 Å². The molecule has 0 radical (unpaired) electrons. The minimum Gasteiger partial charge on any atom is -0.486 e. The van der Waals surface area contributed by atoms with Crippen LogP contribution in [0.1, 0.15) is 19.4 Å². The Hall–Kier alpha value is -2.75. The predicted molar refractivity (Wildman–Crippen MR) is 85.4 cm³/mol. The third kappa shape index (κ3) is 3.85. The maximum Gasteiger partial charge on any atom is 0.205 e. The number of rotatable bonds is 6. The van der Waals surface area contributed by atoms with Crippen molar-refractivity contribution in [2.24, 2.45) is 0 Å². The molecular weight excluding hydrogens is 336 g/mol. The van der Waals surface area contributed by atoms with Gasteiger partial charge in [0.05, 0.1) is 6.54 Å². The summed E-state index contributed by atoms with van der Waals surface area (Å²) < 4.78 is 59.8. The van der Waals surface area contributed by atoms with Gasteiger partial charge in [-0.2, -0.15) is 14.0 Å². The first-order valence-corrected chi connectivity index (χ1v) is 7.59. The molecule has 0 saturated heterocycles.